The van der Waals surface area contributed by atoms with Crippen LogP contribution in [0.5, 0.6) is 0 Å². The molecular formula is C19H19N3O3S. The summed E-state index contributed by atoms with van der Waals surface area (Å²) in [5, 5.41) is 6.36. The number of anilines is 1. The lowest BCUT2D eigenvalue weighted by Crippen LogP contribution is -2.44. The van der Waals surface area contributed by atoms with E-state index in [0.717, 1.165) is 4.90 Å². The molecule has 0 saturated carbocycles. The van der Waals surface area contributed by atoms with Crippen molar-refractivity contribution in [2.45, 2.75) is 12.5 Å². The second-order valence-electron chi connectivity index (χ2n) is 6.09. The monoisotopic (exact) mass is 369 g/mol. The van der Waals surface area contributed by atoms with Gasteiger partial charge in [-0.2, -0.15) is 11.3 Å². The summed E-state index contributed by atoms with van der Waals surface area (Å²) in [6.07, 6.45) is 1.60. The summed E-state index contributed by atoms with van der Waals surface area (Å²) in [6, 6.07) is 10.3. The van der Waals surface area contributed by atoms with E-state index in [2.05, 4.69) is 11.9 Å². The van der Waals surface area contributed by atoms with Crippen LogP contribution < -0.4 is 10.2 Å². The van der Waals surface area contributed by atoms with Crippen LogP contribution in [0.4, 0.5) is 10.5 Å². The second kappa shape index (κ2) is 7.13. The third-order valence-corrected chi connectivity index (χ3v) is 5.03. The third-order valence-electron chi connectivity index (χ3n) is 4.35. The Morgan fingerprint density at radius 3 is 2.65 bits per heavy atom. The number of nitrogens with one attached hydrogen (secondary N) is 1. The molecule has 0 bridgehead atoms. The summed E-state index contributed by atoms with van der Waals surface area (Å²) < 4.78 is 0. The average Bonchev–Trinajstić information content (AvgIpc) is 3.25. The van der Waals surface area contributed by atoms with Crippen molar-refractivity contribution in [1.29, 1.82) is 0 Å². The molecule has 0 spiro atoms. The summed E-state index contributed by atoms with van der Waals surface area (Å²) >= 11 is 1.44. The lowest BCUT2D eigenvalue weighted by molar-refractivity contribution is -0.134. The van der Waals surface area contributed by atoms with Crippen molar-refractivity contribution in [2.24, 2.45) is 0 Å². The molecule has 4 amide bonds. The quantitative estimate of drug-likeness (QED) is 0.629. The van der Waals surface area contributed by atoms with Gasteiger partial charge < -0.3 is 10.2 Å². The molecule has 1 N–H and O–H groups in total. The largest absolute Gasteiger partial charge is 0.325 e. The van der Waals surface area contributed by atoms with Gasteiger partial charge in [0.25, 0.3) is 5.91 Å². The van der Waals surface area contributed by atoms with E-state index >= 15 is 0 Å². The fourth-order valence-electron chi connectivity index (χ4n) is 2.89. The van der Waals surface area contributed by atoms with Crippen LogP contribution in [-0.4, -0.2) is 35.8 Å². The lowest BCUT2D eigenvalue weighted by Gasteiger charge is -2.24. The van der Waals surface area contributed by atoms with Gasteiger partial charge in [-0.15, -0.1) is 6.58 Å². The number of benzene rings is 1. The molecule has 1 saturated heterocycles. The molecule has 1 unspecified atom stereocenters. The van der Waals surface area contributed by atoms with Gasteiger partial charge in [0.15, 0.2) is 0 Å². The molecule has 1 aromatic carbocycles. The summed E-state index contributed by atoms with van der Waals surface area (Å²) in [6.45, 7) is 5.29. The van der Waals surface area contributed by atoms with Crippen LogP contribution in [0, 0.1) is 0 Å². The van der Waals surface area contributed by atoms with Crippen LogP contribution in [0.15, 0.2) is 59.8 Å². The Kier molecular flexibility index (Phi) is 4.90. The maximum Gasteiger partial charge on any atom is 0.325 e. The Morgan fingerprint density at radius 1 is 1.31 bits per heavy atom. The first-order valence-electron chi connectivity index (χ1n) is 8.10. The summed E-state index contributed by atoms with van der Waals surface area (Å²) in [4.78, 5) is 40.4. The average molecular weight is 369 g/mol. The smallest absolute Gasteiger partial charge is 0.319 e. The number of nitrogens with zero attached hydrogens (tertiary/aromatic N) is 2. The molecule has 0 radical (unpaired) electrons. The van der Waals surface area contributed by atoms with Crippen molar-refractivity contribution >= 4 is 34.9 Å². The van der Waals surface area contributed by atoms with E-state index in [0.29, 0.717) is 11.3 Å². The van der Waals surface area contributed by atoms with Crippen molar-refractivity contribution in [1.82, 2.24) is 10.2 Å². The van der Waals surface area contributed by atoms with Gasteiger partial charge in [-0.25, -0.2) is 4.79 Å². The van der Waals surface area contributed by atoms with Gasteiger partial charge in [-0.05, 0) is 41.4 Å². The first-order valence-corrected chi connectivity index (χ1v) is 9.04. The molecule has 1 aliphatic heterocycles. The zero-order valence-corrected chi connectivity index (χ0v) is 15.2. The number of carbonyl (C=O) groups is 3. The highest BCUT2D eigenvalue weighted by Gasteiger charge is 2.49. The Labute approximate surface area is 155 Å². The van der Waals surface area contributed by atoms with Crippen LogP contribution >= 0.6 is 11.3 Å². The molecular weight excluding hydrogens is 350 g/mol. The molecule has 1 aliphatic rings. The van der Waals surface area contributed by atoms with Gasteiger partial charge >= 0.3 is 6.03 Å². The highest BCUT2D eigenvalue weighted by Crippen LogP contribution is 2.30. The topological polar surface area (TPSA) is 69.7 Å². The van der Waals surface area contributed by atoms with E-state index in [1.165, 1.54) is 16.2 Å². The van der Waals surface area contributed by atoms with E-state index in [1.54, 1.807) is 31.2 Å². The molecule has 26 heavy (non-hydrogen) atoms. The van der Waals surface area contributed by atoms with E-state index in [9.17, 15) is 14.4 Å². The molecule has 0 aliphatic carbocycles. The normalized spacial score (nSPS) is 19.3. The summed E-state index contributed by atoms with van der Waals surface area (Å²) in [7, 11) is 0. The number of carbonyl (C=O) groups excluding carboxylic acids is 3. The van der Waals surface area contributed by atoms with E-state index < -0.39 is 17.5 Å². The SMILES string of the molecule is C=CCN(C(=O)CN1C(=O)NC(C)(c2ccsc2)C1=O)c1ccccc1. The highest BCUT2D eigenvalue weighted by molar-refractivity contribution is 7.08. The Bertz CT molecular complexity index is 835. The van der Waals surface area contributed by atoms with Crippen molar-refractivity contribution < 1.29 is 14.4 Å². The molecule has 1 fully saturated rings. The number of thiophene rings is 1. The van der Waals surface area contributed by atoms with Gasteiger partial charge in [0.1, 0.15) is 12.1 Å². The van der Waals surface area contributed by atoms with E-state index in [1.807, 2.05) is 29.0 Å². The van der Waals surface area contributed by atoms with Gasteiger partial charge in [0.2, 0.25) is 5.91 Å². The first kappa shape index (κ1) is 17.9. The molecule has 6 nitrogen and oxygen atoms in total. The standard InChI is InChI=1S/C19H19N3O3S/c1-3-10-21(15-7-5-4-6-8-15)16(23)12-22-17(24)19(2,20-18(22)25)14-9-11-26-13-14/h3-9,11,13H,1,10,12H2,2H3,(H,20,25). The summed E-state index contributed by atoms with van der Waals surface area (Å²) in [5.74, 6) is -0.782. The predicted octanol–water partition coefficient (Wildman–Crippen LogP) is 2.73. The Morgan fingerprint density at radius 2 is 2.04 bits per heavy atom. The van der Waals surface area contributed by atoms with Crippen molar-refractivity contribution in [3.05, 3.63) is 65.4 Å². The van der Waals surface area contributed by atoms with Gasteiger partial charge in [-0.3, -0.25) is 14.5 Å². The molecule has 1 aromatic heterocycles. The minimum Gasteiger partial charge on any atom is -0.319 e. The minimum atomic E-state index is -1.15. The van der Waals surface area contributed by atoms with Crippen molar-refractivity contribution in [2.75, 3.05) is 18.0 Å². The third kappa shape index (κ3) is 3.13. The van der Waals surface area contributed by atoms with Gasteiger partial charge in [-0.1, -0.05) is 24.3 Å². The van der Waals surface area contributed by atoms with Crippen molar-refractivity contribution in [3.63, 3.8) is 0 Å². The molecule has 7 heteroatoms. The number of urea groups is 1. The van der Waals surface area contributed by atoms with E-state index in [4.69, 9.17) is 0 Å². The minimum absolute atomic E-state index is 0.286. The maximum atomic E-state index is 12.8. The summed E-state index contributed by atoms with van der Waals surface area (Å²) in [5.41, 5.74) is 0.250. The second-order valence-corrected chi connectivity index (χ2v) is 6.87. The number of rotatable bonds is 6. The predicted molar refractivity (Wildman–Crippen MR) is 101 cm³/mol. The number of amides is 4. The molecule has 2 aromatic rings. The molecule has 3 rings (SSSR count). The van der Waals surface area contributed by atoms with Crippen LogP contribution in [0.25, 0.3) is 0 Å². The maximum absolute atomic E-state index is 12.8. The number of imide groups is 1. The number of hydrogen-bond acceptors (Lipinski definition) is 4. The van der Waals surface area contributed by atoms with Gasteiger partial charge in [0.05, 0.1) is 0 Å². The number of para-hydroxylation sites is 1. The fraction of sp³-hybridized carbons (Fsp3) is 0.211. The Hall–Kier alpha value is -2.93. The Balaban J connectivity index is 1.81. The van der Waals surface area contributed by atoms with Crippen molar-refractivity contribution in [3.8, 4) is 0 Å². The van der Waals surface area contributed by atoms with E-state index in [-0.39, 0.29) is 19.0 Å². The molecule has 1 atom stereocenters. The van der Waals surface area contributed by atoms with Gasteiger partial charge in [0, 0.05) is 12.2 Å². The van der Waals surface area contributed by atoms with Crippen LogP contribution in [-0.2, 0) is 15.1 Å². The first-order chi connectivity index (χ1) is 12.5. The highest BCUT2D eigenvalue weighted by atomic mass is 32.1. The zero-order valence-electron chi connectivity index (χ0n) is 14.3. The van der Waals surface area contributed by atoms with Crippen LogP contribution in [0.1, 0.15) is 12.5 Å². The van der Waals surface area contributed by atoms with Crippen LogP contribution in [0.2, 0.25) is 0 Å². The zero-order chi connectivity index (χ0) is 18.7. The van der Waals surface area contributed by atoms with Crippen LogP contribution in [0.3, 0.4) is 0 Å². The lowest BCUT2D eigenvalue weighted by atomic mass is 9.95. The fourth-order valence-corrected chi connectivity index (χ4v) is 3.66. The number of hydrogen-bond donors (Lipinski definition) is 1. The molecule has 2 heterocycles. The molecule has 134 valence electrons.